The van der Waals surface area contributed by atoms with Crippen LogP contribution in [-0.2, 0) is 0 Å². The Bertz CT molecular complexity index is 783. The van der Waals surface area contributed by atoms with Crippen molar-refractivity contribution in [2.45, 2.75) is 6.04 Å². The fourth-order valence-corrected chi connectivity index (χ4v) is 3.71. The third-order valence-corrected chi connectivity index (χ3v) is 5.04. The molecule has 1 aliphatic rings. The lowest BCUT2D eigenvalue weighted by Crippen LogP contribution is -2.49. The largest absolute Gasteiger partial charge is 0.367 e. The molecule has 2 aromatic carbocycles. The Morgan fingerprint density at radius 1 is 0.808 bits per heavy atom. The molecular formula is C22H23N3O. The molecule has 2 heterocycles. The molecular weight excluding hydrogens is 322 g/mol. The van der Waals surface area contributed by atoms with Gasteiger partial charge in [0.1, 0.15) is 0 Å². The molecule has 3 aromatic rings. The number of aromatic nitrogens is 1. The first-order valence-electron chi connectivity index (χ1n) is 9.09. The molecule has 1 N–H and O–H groups in total. The SMILES string of the molecule is O=C(c1cc[nH]c1)N1CCN(C(c2ccccc2)c2ccccc2)CC1. The summed E-state index contributed by atoms with van der Waals surface area (Å²) in [6, 6.07) is 23.3. The van der Waals surface area contributed by atoms with Crippen molar-refractivity contribution in [2.24, 2.45) is 0 Å². The monoisotopic (exact) mass is 345 g/mol. The van der Waals surface area contributed by atoms with Crippen molar-refractivity contribution in [3.63, 3.8) is 0 Å². The second kappa shape index (κ2) is 7.58. The minimum atomic E-state index is 0.113. The maximum Gasteiger partial charge on any atom is 0.255 e. The Hall–Kier alpha value is -2.85. The van der Waals surface area contributed by atoms with Crippen molar-refractivity contribution in [1.29, 1.82) is 0 Å². The third kappa shape index (κ3) is 3.41. The van der Waals surface area contributed by atoms with E-state index in [1.165, 1.54) is 11.1 Å². The molecule has 1 fully saturated rings. The van der Waals surface area contributed by atoms with Crippen LogP contribution in [0.2, 0.25) is 0 Å². The molecule has 0 bridgehead atoms. The fraction of sp³-hybridized carbons (Fsp3) is 0.227. The first-order valence-corrected chi connectivity index (χ1v) is 9.09. The lowest BCUT2D eigenvalue weighted by molar-refractivity contribution is 0.0597. The lowest BCUT2D eigenvalue weighted by Gasteiger charge is -2.39. The van der Waals surface area contributed by atoms with Crippen LogP contribution in [0.5, 0.6) is 0 Å². The van der Waals surface area contributed by atoms with Crippen LogP contribution >= 0.6 is 0 Å². The van der Waals surface area contributed by atoms with E-state index < -0.39 is 0 Å². The highest BCUT2D eigenvalue weighted by Gasteiger charge is 2.28. The predicted molar refractivity (Wildman–Crippen MR) is 103 cm³/mol. The Balaban J connectivity index is 1.52. The Morgan fingerprint density at radius 2 is 1.38 bits per heavy atom. The van der Waals surface area contributed by atoms with Gasteiger partial charge in [-0.2, -0.15) is 0 Å². The van der Waals surface area contributed by atoms with Gasteiger partial charge in [-0.3, -0.25) is 9.69 Å². The number of benzene rings is 2. The molecule has 0 unspecified atom stereocenters. The van der Waals surface area contributed by atoms with E-state index in [2.05, 4.69) is 70.5 Å². The van der Waals surface area contributed by atoms with Gasteiger partial charge < -0.3 is 9.88 Å². The molecule has 4 rings (SSSR count). The Kier molecular flexibility index (Phi) is 4.84. The molecule has 1 amide bonds. The summed E-state index contributed by atoms with van der Waals surface area (Å²) >= 11 is 0. The molecule has 4 heteroatoms. The summed E-state index contributed by atoms with van der Waals surface area (Å²) in [7, 11) is 0. The maximum atomic E-state index is 12.6. The number of aromatic amines is 1. The Labute approximate surface area is 154 Å². The van der Waals surface area contributed by atoms with Crippen LogP contribution in [0.3, 0.4) is 0 Å². The average molecular weight is 345 g/mol. The van der Waals surface area contributed by atoms with Gasteiger partial charge in [0.2, 0.25) is 0 Å². The number of carbonyl (C=O) groups excluding carboxylic acids is 1. The van der Waals surface area contributed by atoms with Crippen molar-refractivity contribution in [1.82, 2.24) is 14.8 Å². The number of amides is 1. The second-order valence-electron chi connectivity index (χ2n) is 6.65. The van der Waals surface area contributed by atoms with Gasteiger partial charge in [-0.05, 0) is 17.2 Å². The van der Waals surface area contributed by atoms with E-state index in [-0.39, 0.29) is 11.9 Å². The minimum Gasteiger partial charge on any atom is -0.367 e. The molecule has 132 valence electrons. The summed E-state index contributed by atoms with van der Waals surface area (Å²) in [5.74, 6) is 0.113. The third-order valence-electron chi connectivity index (χ3n) is 5.04. The van der Waals surface area contributed by atoms with E-state index in [0.29, 0.717) is 0 Å². The number of H-pyrrole nitrogens is 1. The summed E-state index contributed by atoms with van der Waals surface area (Å²) in [4.78, 5) is 20.0. The highest BCUT2D eigenvalue weighted by atomic mass is 16.2. The summed E-state index contributed by atoms with van der Waals surface area (Å²) in [6.07, 6.45) is 3.57. The van der Waals surface area contributed by atoms with Crippen LogP contribution < -0.4 is 0 Å². The molecule has 1 aromatic heterocycles. The number of hydrogen-bond acceptors (Lipinski definition) is 2. The van der Waals surface area contributed by atoms with Crippen LogP contribution in [0, 0.1) is 0 Å². The van der Waals surface area contributed by atoms with Crippen molar-refractivity contribution in [3.8, 4) is 0 Å². The zero-order valence-electron chi connectivity index (χ0n) is 14.7. The number of carbonyl (C=O) groups is 1. The number of rotatable bonds is 4. The van der Waals surface area contributed by atoms with Crippen LogP contribution in [0.15, 0.2) is 79.1 Å². The van der Waals surface area contributed by atoms with Crippen molar-refractivity contribution in [3.05, 3.63) is 95.8 Å². The summed E-state index contributed by atoms with van der Waals surface area (Å²) < 4.78 is 0. The van der Waals surface area contributed by atoms with Gasteiger partial charge in [0, 0.05) is 38.6 Å². The van der Waals surface area contributed by atoms with Gasteiger partial charge in [-0.25, -0.2) is 0 Å². The topological polar surface area (TPSA) is 39.3 Å². The molecule has 0 spiro atoms. The Morgan fingerprint density at radius 3 is 1.88 bits per heavy atom. The van der Waals surface area contributed by atoms with Gasteiger partial charge in [0.05, 0.1) is 11.6 Å². The molecule has 0 saturated carbocycles. The van der Waals surface area contributed by atoms with Crippen LogP contribution in [0.4, 0.5) is 0 Å². The van der Waals surface area contributed by atoms with Crippen LogP contribution in [0.25, 0.3) is 0 Å². The summed E-state index contributed by atoms with van der Waals surface area (Å²) in [6.45, 7) is 3.23. The second-order valence-corrected chi connectivity index (χ2v) is 6.65. The number of hydrogen-bond donors (Lipinski definition) is 1. The van der Waals surface area contributed by atoms with E-state index in [1.807, 2.05) is 11.0 Å². The molecule has 1 aliphatic heterocycles. The zero-order valence-corrected chi connectivity index (χ0v) is 14.7. The van der Waals surface area contributed by atoms with Crippen LogP contribution in [-0.4, -0.2) is 46.9 Å². The highest BCUT2D eigenvalue weighted by molar-refractivity contribution is 5.94. The fourth-order valence-electron chi connectivity index (χ4n) is 3.71. The van der Waals surface area contributed by atoms with E-state index in [4.69, 9.17) is 0 Å². The smallest absolute Gasteiger partial charge is 0.255 e. The minimum absolute atomic E-state index is 0.113. The first-order chi connectivity index (χ1) is 12.8. The van der Waals surface area contributed by atoms with E-state index in [1.54, 1.807) is 12.4 Å². The zero-order chi connectivity index (χ0) is 17.8. The average Bonchev–Trinajstić information content (AvgIpc) is 3.25. The van der Waals surface area contributed by atoms with Gasteiger partial charge in [-0.15, -0.1) is 0 Å². The van der Waals surface area contributed by atoms with Crippen molar-refractivity contribution in [2.75, 3.05) is 26.2 Å². The maximum absolute atomic E-state index is 12.6. The quantitative estimate of drug-likeness (QED) is 0.785. The first kappa shape index (κ1) is 16.6. The molecule has 4 nitrogen and oxygen atoms in total. The summed E-state index contributed by atoms with van der Waals surface area (Å²) in [5, 5.41) is 0. The summed E-state index contributed by atoms with van der Waals surface area (Å²) in [5.41, 5.74) is 3.33. The van der Waals surface area contributed by atoms with Gasteiger partial charge in [-0.1, -0.05) is 60.7 Å². The van der Waals surface area contributed by atoms with Gasteiger partial charge in [0.15, 0.2) is 0 Å². The van der Waals surface area contributed by atoms with E-state index >= 15 is 0 Å². The number of piperazine rings is 1. The number of nitrogens with zero attached hydrogens (tertiary/aromatic N) is 2. The molecule has 0 aliphatic carbocycles. The van der Waals surface area contributed by atoms with Crippen molar-refractivity contribution >= 4 is 5.91 Å². The molecule has 0 radical (unpaired) electrons. The normalized spacial score (nSPS) is 15.3. The van der Waals surface area contributed by atoms with Crippen molar-refractivity contribution < 1.29 is 4.79 Å². The van der Waals surface area contributed by atoms with Gasteiger partial charge >= 0.3 is 0 Å². The standard InChI is InChI=1S/C22H23N3O/c26-22(20-11-12-23-17-20)25-15-13-24(14-16-25)21(18-7-3-1-4-8-18)19-9-5-2-6-10-19/h1-12,17,21,23H,13-16H2. The van der Waals surface area contributed by atoms with Gasteiger partial charge in [0.25, 0.3) is 5.91 Å². The lowest BCUT2D eigenvalue weighted by atomic mass is 9.96. The molecule has 0 atom stereocenters. The van der Waals surface area contributed by atoms with Crippen LogP contribution in [0.1, 0.15) is 27.5 Å². The van der Waals surface area contributed by atoms with E-state index in [0.717, 1.165) is 31.7 Å². The number of nitrogens with one attached hydrogen (secondary N) is 1. The molecule has 1 saturated heterocycles. The molecule has 26 heavy (non-hydrogen) atoms. The highest BCUT2D eigenvalue weighted by Crippen LogP contribution is 2.29. The van der Waals surface area contributed by atoms with E-state index in [9.17, 15) is 4.79 Å². The predicted octanol–water partition coefficient (Wildman–Crippen LogP) is 3.56.